The standard InChI is InChI=1S/C17H19FN2O4/c1-11-6-8-17(9-7-11)15(22)20(16(23)19-17)10-14(21)24-13-5-3-2-4-12(13)18/h2-5,11H,6-10H2,1H3,(H,19,23). The topological polar surface area (TPSA) is 75.7 Å². The first-order valence-electron chi connectivity index (χ1n) is 8.00. The molecule has 1 aromatic rings. The van der Waals surface area contributed by atoms with Crippen molar-refractivity contribution >= 4 is 17.9 Å². The van der Waals surface area contributed by atoms with Crippen molar-refractivity contribution in [3.63, 3.8) is 0 Å². The van der Waals surface area contributed by atoms with Gasteiger partial charge in [0.15, 0.2) is 11.6 Å². The summed E-state index contributed by atoms with van der Waals surface area (Å²) in [7, 11) is 0. The number of amides is 3. The molecular weight excluding hydrogens is 315 g/mol. The molecule has 1 aliphatic carbocycles. The summed E-state index contributed by atoms with van der Waals surface area (Å²) in [6.45, 7) is 1.58. The Morgan fingerprint density at radius 2 is 2.00 bits per heavy atom. The number of ether oxygens (including phenoxy) is 1. The average Bonchev–Trinajstić information content (AvgIpc) is 2.77. The molecule has 0 unspecified atom stereocenters. The van der Waals surface area contributed by atoms with E-state index in [0.29, 0.717) is 18.8 Å². The van der Waals surface area contributed by atoms with E-state index >= 15 is 0 Å². The smallest absolute Gasteiger partial charge is 0.331 e. The van der Waals surface area contributed by atoms with E-state index in [2.05, 4.69) is 12.2 Å². The lowest BCUT2D eigenvalue weighted by atomic mass is 9.77. The molecule has 0 bridgehead atoms. The SMILES string of the molecule is CC1CCC2(CC1)NC(=O)N(CC(=O)Oc1ccccc1F)C2=O. The van der Waals surface area contributed by atoms with Crippen molar-refractivity contribution in [2.24, 2.45) is 5.92 Å². The van der Waals surface area contributed by atoms with E-state index in [-0.39, 0.29) is 5.75 Å². The van der Waals surface area contributed by atoms with E-state index in [1.807, 2.05) is 0 Å². The lowest BCUT2D eigenvalue weighted by molar-refractivity contribution is -0.141. The highest BCUT2D eigenvalue weighted by Gasteiger charge is 2.52. The van der Waals surface area contributed by atoms with Crippen molar-refractivity contribution in [1.82, 2.24) is 10.2 Å². The summed E-state index contributed by atoms with van der Waals surface area (Å²) in [5, 5.41) is 2.73. The van der Waals surface area contributed by atoms with Gasteiger partial charge in [0.05, 0.1) is 0 Å². The number of imide groups is 1. The number of esters is 1. The number of nitrogens with zero attached hydrogens (tertiary/aromatic N) is 1. The van der Waals surface area contributed by atoms with Gasteiger partial charge in [0.1, 0.15) is 12.1 Å². The van der Waals surface area contributed by atoms with Crippen molar-refractivity contribution in [1.29, 1.82) is 0 Å². The first-order chi connectivity index (χ1) is 11.4. The Kier molecular flexibility index (Phi) is 4.26. The highest BCUT2D eigenvalue weighted by atomic mass is 19.1. The van der Waals surface area contributed by atoms with Gasteiger partial charge in [0.2, 0.25) is 0 Å². The van der Waals surface area contributed by atoms with Crippen LogP contribution in [0.5, 0.6) is 5.75 Å². The summed E-state index contributed by atoms with van der Waals surface area (Å²) in [4.78, 5) is 37.6. The van der Waals surface area contributed by atoms with Crippen LogP contribution < -0.4 is 10.1 Å². The van der Waals surface area contributed by atoms with Gasteiger partial charge in [-0.2, -0.15) is 0 Å². The van der Waals surface area contributed by atoms with Crippen LogP contribution in [-0.4, -0.2) is 34.9 Å². The Balaban J connectivity index is 1.67. The Morgan fingerprint density at radius 1 is 1.33 bits per heavy atom. The van der Waals surface area contributed by atoms with Crippen molar-refractivity contribution in [2.75, 3.05) is 6.54 Å². The van der Waals surface area contributed by atoms with Gasteiger partial charge in [-0.25, -0.2) is 14.0 Å². The molecule has 3 amide bonds. The molecule has 0 atom stereocenters. The van der Waals surface area contributed by atoms with E-state index in [0.717, 1.165) is 23.8 Å². The number of hydrogen-bond donors (Lipinski definition) is 1. The summed E-state index contributed by atoms with van der Waals surface area (Å²) in [5.41, 5.74) is -0.901. The summed E-state index contributed by atoms with van der Waals surface area (Å²) in [6.07, 6.45) is 2.83. The molecule has 2 fully saturated rings. The number of carbonyl (C=O) groups excluding carboxylic acids is 3. The average molecular weight is 334 g/mol. The second-order valence-electron chi connectivity index (χ2n) is 6.49. The molecule has 2 aliphatic rings. The molecule has 7 heteroatoms. The maximum absolute atomic E-state index is 13.5. The quantitative estimate of drug-likeness (QED) is 0.522. The number of rotatable bonds is 3. The molecule has 1 saturated heterocycles. The predicted molar refractivity (Wildman–Crippen MR) is 82.6 cm³/mol. The number of carbonyl (C=O) groups is 3. The molecule has 1 aromatic carbocycles. The van der Waals surface area contributed by atoms with E-state index in [1.54, 1.807) is 0 Å². The predicted octanol–water partition coefficient (Wildman–Crippen LogP) is 2.23. The van der Waals surface area contributed by atoms with Crippen LogP contribution in [0.1, 0.15) is 32.6 Å². The van der Waals surface area contributed by atoms with Gasteiger partial charge >= 0.3 is 12.0 Å². The van der Waals surface area contributed by atoms with Crippen molar-refractivity contribution in [2.45, 2.75) is 38.1 Å². The number of nitrogens with one attached hydrogen (secondary N) is 1. The van der Waals surface area contributed by atoms with Crippen molar-refractivity contribution in [3.8, 4) is 5.75 Å². The summed E-state index contributed by atoms with van der Waals surface area (Å²) >= 11 is 0. The molecule has 24 heavy (non-hydrogen) atoms. The molecule has 1 saturated carbocycles. The Hall–Kier alpha value is -2.44. The third-order valence-electron chi connectivity index (χ3n) is 4.72. The van der Waals surface area contributed by atoms with E-state index < -0.39 is 35.8 Å². The van der Waals surface area contributed by atoms with Gasteiger partial charge in [-0.1, -0.05) is 19.1 Å². The number of urea groups is 1. The van der Waals surface area contributed by atoms with Gasteiger partial charge < -0.3 is 10.1 Å². The molecule has 1 spiro atoms. The van der Waals surface area contributed by atoms with Gasteiger partial charge in [0.25, 0.3) is 5.91 Å². The largest absolute Gasteiger partial charge is 0.422 e. The Bertz CT molecular complexity index is 683. The minimum Gasteiger partial charge on any atom is -0.422 e. The highest BCUT2D eigenvalue weighted by Crippen LogP contribution is 2.36. The summed E-state index contributed by atoms with van der Waals surface area (Å²) < 4.78 is 18.4. The second kappa shape index (κ2) is 6.22. The first-order valence-corrected chi connectivity index (χ1v) is 8.00. The molecule has 0 radical (unpaired) electrons. The lowest BCUT2D eigenvalue weighted by Gasteiger charge is -2.33. The monoisotopic (exact) mass is 334 g/mol. The molecule has 6 nitrogen and oxygen atoms in total. The van der Waals surface area contributed by atoms with Crippen LogP contribution in [0.15, 0.2) is 24.3 Å². The van der Waals surface area contributed by atoms with Crippen LogP contribution in [0.4, 0.5) is 9.18 Å². The number of benzene rings is 1. The van der Waals surface area contributed by atoms with Gasteiger partial charge in [0, 0.05) is 0 Å². The summed E-state index contributed by atoms with van der Waals surface area (Å²) in [6, 6.07) is 4.87. The Morgan fingerprint density at radius 3 is 2.67 bits per heavy atom. The van der Waals surface area contributed by atoms with E-state index in [9.17, 15) is 18.8 Å². The zero-order valence-corrected chi connectivity index (χ0v) is 13.4. The molecule has 1 heterocycles. The minimum absolute atomic E-state index is 0.226. The van der Waals surface area contributed by atoms with Crippen LogP contribution >= 0.6 is 0 Å². The van der Waals surface area contributed by atoms with Gasteiger partial charge in [-0.05, 0) is 43.7 Å². The minimum atomic E-state index is -0.901. The first kappa shape index (κ1) is 16.4. The number of halogens is 1. The zero-order valence-electron chi connectivity index (χ0n) is 13.4. The number of para-hydroxylation sites is 1. The van der Waals surface area contributed by atoms with Gasteiger partial charge in [-0.15, -0.1) is 0 Å². The van der Waals surface area contributed by atoms with Gasteiger partial charge in [-0.3, -0.25) is 9.69 Å². The number of hydrogen-bond acceptors (Lipinski definition) is 4. The molecule has 3 rings (SSSR count). The fraction of sp³-hybridized carbons (Fsp3) is 0.471. The van der Waals surface area contributed by atoms with Crippen LogP contribution in [0.25, 0.3) is 0 Å². The molecular formula is C17H19FN2O4. The fourth-order valence-electron chi connectivity index (χ4n) is 3.23. The van der Waals surface area contributed by atoms with Crippen LogP contribution in [-0.2, 0) is 9.59 Å². The van der Waals surface area contributed by atoms with E-state index in [1.165, 1.54) is 18.2 Å². The fourth-order valence-corrected chi connectivity index (χ4v) is 3.23. The maximum Gasteiger partial charge on any atom is 0.331 e. The molecule has 128 valence electrons. The van der Waals surface area contributed by atoms with Crippen molar-refractivity contribution < 1.29 is 23.5 Å². The van der Waals surface area contributed by atoms with Crippen molar-refractivity contribution in [3.05, 3.63) is 30.1 Å². The highest BCUT2D eigenvalue weighted by molar-refractivity contribution is 6.08. The third kappa shape index (κ3) is 2.98. The van der Waals surface area contributed by atoms with Crippen LogP contribution in [0.2, 0.25) is 0 Å². The second-order valence-corrected chi connectivity index (χ2v) is 6.49. The maximum atomic E-state index is 13.5. The van der Waals surface area contributed by atoms with Crippen LogP contribution in [0.3, 0.4) is 0 Å². The zero-order chi connectivity index (χ0) is 17.3. The van der Waals surface area contributed by atoms with E-state index in [4.69, 9.17) is 4.74 Å². The Labute approximate surface area is 139 Å². The lowest BCUT2D eigenvalue weighted by Crippen LogP contribution is -2.49. The van der Waals surface area contributed by atoms with Crippen LogP contribution in [0, 0.1) is 11.7 Å². The molecule has 1 aliphatic heterocycles. The molecule has 0 aromatic heterocycles. The molecule has 1 N–H and O–H groups in total. The summed E-state index contributed by atoms with van der Waals surface area (Å²) in [5.74, 6) is -1.65. The normalized spacial score (nSPS) is 26.6. The third-order valence-corrected chi connectivity index (χ3v) is 4.72.